The first-order valence-corrected chi connectivity index (χ1v) is 16.0. The number of carbonyl (C=O) groups is 1. The van der Waals surface area contributed by atoms with Crippen molar-refractivity contribution < 1.29 is 23.1 Å². The first-order chi connectivity index (χ1) is 22.7. The second-order valence-corrected chi connectivity index (χ2v) is 12.4. The zero-order valence-corrected chi connectivity index (χ0v) is 27.1. The summed E-state index contributed by atoms with van der Waals surface area (Å²) in [5.41, 5.74) is 1.95. The minimum atomic E-state index is -0.697. The minimum Gasteiger partial charge on any atom is -0.494 e. The number of hydrogen-bond acceptors (Lipinski definition) is 10. The highest BCUT2D eigenvalue weighted by atomic mass is 19.1. The second kappa shape index (κ2) is 14.2. The lowest BCUT2D eigenvalue weighted by Gasteiger charge is -2.39. The van der Waals surface area contributed by atoms with Gasteiger partial charge >= 0.3 is 0 Å². The van der Waals surface area contributed by atoms with Gasteiger partial charge in [-0.25, -0.2) is 23.8 Å². The van der Waals surface area contributed by atoms with Crippen LogP contribution in [0.3, 0.4) is 0 Å². The molecule has 0 unspecified atom stereocenters. The number of likely N-dealkylation sites (N-methyl/N-ethyl adjacent to an activating group) is 1. The van der Waals surface area contributed by atoms with Crippen LogP contribution in [0.1, 0.15) is 37.3 Å². The van der Waals surface area contributed by atoms with Gasteiger partial charge in [-0.15, -0.1) is 0 Å². The summed E-state index contributed by atoms with van der Waals surface area (Å²) in [7, 11) is 5.89. The van der Waals surface area contributed by atoms with Gasteiger partial charge in [0, 0.05) is 62.4 Å². The maximum atomic E-state index is 14.7. The van der Waals surface area contributed by atoms with Crippen LogP contribution in [0.5, 0.6) is 5.75 Å². The zero-order valence-electron chi connectivity index (χ0n) is 27.1. The first kappa shape index (κ1) is 32.6. The third-order valence-electron chi connectivity index (χ3n) is 9.39. The van der Waals surface area contributed by atoms with Crippen LogP contribution in [0.4, 0.5) is 37.5 Å². The van der Waals surface area contributed by atoms with Gasteiger partial charge in [0.1, 0.15) is 29.5 Å². The van der Waals surface area contributed by atoms with E-state index in [1.54, 1.807) is 13.2 Å². The fraction of sp³-hybridized carbons (Fsp3) is 0.441. The average molecular weight is 649 g/mol. The summed E-state index contributed by atoms with van der Waals surface area (Å²) in [5, 5.41) is 7.65. The summed E-state index contributed by atoms with van der Waals surface area (Å²) < 4.78 is 35.1. The van der Waals surface area contributed by atoms with E-state index in [4.69, 9.17) is 9.57 Å². The van der Waals surface area contributed by atoms with Gasteiger partial charge in [-0.05, 0) is 57.6 Å². The summed E-state index contributed by atoms with van der Waals surface area (Å²) >= 11 is 0. The van der Waals surface area contributed by atoms with E-state index >= 15 is 0 Å². The number of ether oxygens (including phenoxy) is 1. The van der Waals surface area contributed by atoms with Gasteiger partial charge in [0.05, 0.1) is 36.8 Å². The van der Waals surface area contributed by atoms with Gasteiger partial charge < -0.3 is 25.2 Å². The third kappa shape index (κ3) is 7.02. The first-order valence-electron chi connectivity index (χ1n) is 16.0. The number of nitrogens with one attached hydrogen (secondary N) is 2. The molecule has 4 heterocycles. The van der Waals surface area contributed by atoms with Crippen molar-refractivity contribution in [3.63, 3.8) is 0 Å². The highest BCUT2D eigenvalue weighted by Gasteiger charge is 2.34. The van der Waals surface area contributed by atoms with Gasteiger partial charge in [-0.3, -0.25) is 14.5 Å². The molecule has 6 rings (SSSR count). The quantitative estimate of drug-likeness (QED) is 0.289. The molecule has 3 aromatic rings. The number of methoxy groups -OCH3 is 1. The van der Waals surface area contributed by atoms with Crippen LogP contribution in [0, 0.1) is 11.6 Å². The number of benzene rings is 2. The Morgan fingerprint density at radius 2 is 1.83 bits per heavy atom. The van der Waals surface area contributed by atoms with Crippen LogP contribution in [-0.2, 0) is 9.63 Å². The lowest BCUT2D eigenvalue weighted by Crippen LogP contribution is -2.45. The number of anilines is 5. The molecule has 11 nitrogen and oxygen atoms in total. The Labute approximate surface area is 274 Å². The van der Waals surface area contributed by atoms with Gasteiger partial charge in [0.2, 0.25) is 5.91 Å². The topological polar surface area (TPSA) is 98.3 Å². The van der Waals surface area contributed by atoms with E-state index in [1.165, 1.54) is 42.1 Å². The van der Waals surface area contributed by atoms with Crippen molar-refractivity contribution in [2.24, 2.45) is 0 Å². The fourth-order valence-electron chi connectivity index (χ4n) is 6.83. The molecule has 13 heteroatoms. The summed E-state index contributed by atoms with van der Waals surface area (Å²) in [6, 6.07) is 9.61. The van der Waals surface area contributed by atoms with Crippen LogP contribution in [0.25, 0.3) is 0 Å². The van der Waals surface area contributed by atoms with Gasteiger partial charge in [0.15, 0.2) is 5.82 Å². The molecule has 3 saturated heterocycles. The molecule has 2 N–H and O–H groups in total. The molecule has 0 aliphatic carbocycles. The summed E-state index contributed by atoms with van der Waals surface area (Å²) in [6.45, 7) is 7.81. The molecule has 2 atom stereocenters. The van der Waals surface area contributed by atoms with Crippen LogP contribution in [0.15, 0.2) is 55.4 Å². The van der Waals surface area contributed by atoms with Crippen molar-refractivity contribution in [3.8, 4) is 5.75 Å². The smallest absolute Gasteiger partial charge is 0.247 e. The fourth-order valence-corrected chi connectivity index (χ4v) is 6.83. The van der Waals surface area contributed by atoms with Crippen LogP contribution in [-0.4, -0.2) is 91.7 Å². The number of aromatic nitrogens is 2. The van der Waals surface area contributed by atoms with Crippen molar-refractivity contribution in [1.82, 2.24) is 19.8 Å². The highest BCUT2D eigenvalue weighted by Crippen LogP contribution is 2.41. The molecule has 1 aromatic heterocycles. The number of amides is 1. The van der Waals surface area contributed by atoms with E-state index in [0.29, 0.717) is 47.3 Å². The molecule has 1 amide bonds. The Morgan fingerprint density at radius 3 is 2.51 bits per heavy atom. The van der Waals surface area contributed by atoms with Crippen molar-refractivity contribution in [2.45, 2.75) is 43.8 Å². The minimum absolute atomic E-state index is 0.0693. The molecular weight excluding hydrogens is 606 g/mol. The van der Waals surface area contributed by atoms with Gasteiger partial charge in [-0.2, -0.15) is 0 Å². The monoisotopic (exact) mass is 648 g/mol. The SMILES string of the molecule is C=CC(=O)Nc1cc(Nc2cc(N3OCC[C@H]3c3c(F)cccc3F)ncn2)c(OC)cc1N1CCC(N2CC[C@@H](N(C)C)C2)CC1. The molecule has 2 aromatic carbocycles. The Morgan fingerprint density at radius 1 is 1.06 bits per heavy atom. The maximum absolute atomic E-state index is 14.7. The van der Waals surface area contributed by atoms with Crippen molar-refractivity contribution >= 4 is 34.6 Å². The Balaban J connectivity index is 1.23. The van der Waals surface area contributed by atoms with E-state index in [9.17, 15) is 13.6 Å². The van der Waals surface area contributed by atoms with E-state index in [-0.39, 0.29) is 18.1 Å². The van der Waals surface area contributed by atoms with Gasteiger partial charge in [-0.1, -0.05) is 12.6 Å². The van der Waals surface area contributed by atoms with Crippen molar-refractivity contribution in [2.75, 3.05) is 74.6 Å². The molecular formula is C34H42F2N8O3. The summed E-state index contributed by atoms with van der Waals surface area (Å²) in [5.74, 6) is -0.332. The molecule has 3 aliphatic rings. The summed E-state index contributed by atoms with van der Waals surface area (Å²) in [6.07, 6.45) is 6.22. The van der Waals surface area contributed by atoms with E-state index in [2.05, 4.69) is 56.0 Å². The molecule has 0 saturated carbocycles. The van der Waals surface area contributed by atoms with Crippen LogP contribution < -0.4 is 25.3 Å². The molecule has 3 fully saturated rings. The van der Waals surface area contributed by atoms with Crippen LogP contribution in [0.2, 0.25) is 0 Å². The normalized spacial score (nSPS) is 20.6. The second-order valence-electron chi connectivity index (χ2n) is 12.4. The Bertz CT molecular complexity index is 1580. The molecule has 3 aliphatic heterocycles. The lowest BCUT2D eigenvalue weighted by molar-refractivity contribution is -0.111. The number of hydroxylamine groups is 1. The molecule has 250 valence electrons. The zero-order chi connectivity index (χ0) is 33.1. The predicted molar refractivity (Wildman–Crippen MR) is 178 cm³/mol. The number of hydrogen-bond donors (Lipinski definition) is 2. The highest BCUT2D eigenvalue weighted by molar-refractivity contribution is 6.02. The molecule has 47 heavy (non-hydrogen) atoms. The van der Waals surface area contributed by atoms with E-state index < -0.39 is 17.7 Å². The molecule has 0 bridgehead atoms. The summed E-state index contributed by atoms with van der Waals surface area (Å²) in [4.78, 5) is 34.2. The predicted octanol–water partition coefficient (Wildman–Crippen LogP) is 5.12. The van der Waals surface area contributed by atoms with E-state index in [1.807, 2.05) is 12.1 Å². The van der Waals surface area contributed by atoms with Crippen molar-refractivity contribution in [1.29, 1.82) is 0 Å². The van der Waals surface area contributed by atoms with Gasteiger partial charge in [0.25, 0.3) is 0 Å². The number of halogens is 2. The molecule has 0 radical (unpaired) electrons. The maximum Gasteiger partial charge on any atom is 0.247 e. The third-order valence-corrected chi connectivity index (χ3v) is 9.39. The van der Waals surface area contributed by atoms with E-state index in [0.717, 1.165) is 44.7 Å². The Hall–Kier alpha value is -4.33. The van der Waals surface area contributed by atoms with Crippen molar-refractivity contribution in [3.05, 3.63) is 72.6 Å². The number of rotatable bonds is 10. The molecule has 0 spiro atoms. The lowest BCUT2D eigenvalue weighted by atomic mass is 10.0. The number of carbonyl (C=O) groups excluding carboxylic acids is 1. The Kier molecular flexibility index (Phi) is 9.85. The standard InChI is InChI=1S/C34H42F2N8O3/c1-5-33(45)40-26-17-27(30(46-4)18-29(26)42-13-9-22(10-14-42)43-15-11-23(20-43)41(2)3)39-31-19-32(38-21-37-31)44-28(12-16-47-44)34-24(35)7-6-8-25(34)36/h5-8,17-19,21-23,28H,1,9-16,20H2,2-4H3,(H,40,45)(H,37,38,39)/t23-,28+/m1/s1. The average Bonchev–Trinajstić information content (AvgIpc) is 3.76. The number of nitrogens with zero attached hydrogens (tertiary/aromatic N) is 6. The number of piperidine rings is 1. The number of likely N-dealkylation sites (tertiary alicyclic amines) is 1. The van der Waals surface area contributed by atoms with Crippen LogP contribution >= 0.6 is 0 Å². The largest absolute Gasteiger partial charge is 0.494 e.